The Morgan fingerprint density at radius 1 is 0.771 bits per heavy atom. The number of hydrogen-bond donors (Lipinski definition) is 1. The van der Waals surface area contributed by atoms with Crippen molar-refractivity contribution in [1.29, 1.82) is 0 Å². The zero-order valence-electron chi connectivity index (χ0n) is 19.4. The highest BCUT2D eigenvalue weighted by Crippen LogP contribution is 2.26. The Hall–Kier alpha value is -1.83. The number of nitrogens with one attached hydrogen (secondary N) is 1. The molecule has 0 saturated carbocycles. The molecule has 1 amide bonds. The third-order valence-corrected chi connectivity index (χ3v) is 10.9. The Balaban J connectivity index is 1.33. The normalized spacial score (nSPS) is 19.5. The summed E-state index contributed by atoms with van der Waals surface area (Å²) in [7, 11) is -5.20. The van der Waals surface area contributed by atoms with E-state index in [9.17, 15) is 21.6 Å². The second-order valence-corrected chi connectivity index (χ2v) is 13.6. The van der Waals surface area contributed by atoms with E-state index in [1.807, 2.05) is 7.05 Å². The number of amides is 1. The first-order valence-corrected chi connectivity index (χ1v) is 15.1. The van der Waals surface area contributed by atoms with Gasteiger partial charge in [0.05, 0.1) is 9.79 Å². The summed E-state index contributed by atoms with van der Waals surface area (Å²) in [5, 5.41) is 2.84. The van der Waals surface area contributed by atoms with Crippen molar-refractivity contribution in [2.75, 3.05) is 51.6 Å². The Kier molecular flexibility index (Phi) is 7.99. The largest absolute Gasteiger partial charge is 0.326 e. The highest BCUT2D eigenvalue weighted by atomic mass is 79.9. The summed E-state index contributed by atoms with van der Waals surface area (Å²) in [5.41, 5.74) is 0.511. The second-order valence-electron chi connectivity index (χ2n) is 8.85. The molecule has 0 spiro atoms. The smallest absolute Gasteiger partial charge is 0.243 e. The van der Waals surface area contributed by atoms with Crippen molar-refractivity contribution in [3.05, 3.63) is 53.0 Å². The van der Waals surface area contributed by atoms with Gasteiger partial charge in [0.1, 0.15) is 0 Å². The van der Waals surface area contributed by atoms with Crippen LogP contribution in [0.15, 0.2) is 62.8 Å². The number of hydrogen-bond acceptors (Lipinski definition) is 6. The monoisotopic (exact) mass is 584 g/mol. The topological polar surface area (TPSA) is 107 Å². The molecule has 12 heteroatoms. The zero-order valence-corrected chi connectivity index (χ0v) is 22.6. The minimum atomic E-state index is -3.60. The number of anilines is 1. The van der Waals surface area contributed by atoms with Crippen LogP contribution in [0, 0.1) is 5.92 Å². The molecule has 2 aliphatic rings. The maximum absolute atomic E-state index is 12.9. The summed E-state index contributed by atoms with van der Waals surface area (Å²) >= 11 is 3.31. The lowest BCUT2D eigenvalue weighted by molar-refractivity contribution is -0.120. The molecule has 0 unspecified atom stereocenters. The Morgan fingerprint density at radius 3 is 1.74 bits per heavy atom. The van der Waals surface area contributed by atoms with E-state index in [0.29, 0.717) is 44.7 Å². The molecule has 2 fully saturated rings. The number of nitrogens with zero attached hydrogens (tertiary/aromatic N) is 3. The quantitative estimate of drug-likeness (QED) is 0.559. The third-order valence-electron chi connectivity index (χ3n) is 6.50. The van der Waals surface area contributed by atoms with Gasteiger partial charge in [-0.15, -0.1) is 0 Å². The van der Waals surface area contributed by atoms with Gasteiger partial charge in [-0.05, 0) is 68.4 Å². The van der Waals surface area contributed by atoms with Gasteiger partial charge in [-0.25, -0.2) is 16.8 Å². The number of carbonyl (C=O) groups is 1. The number of halogens is 1. The van der Waals surface area contributed by atoms with Crippen LogP contribution in [-0.2, 0) is 24.8 Å². The van der Waals surface area contributed by atoms with Crippen LogP contribution in [0.1, 0.15) is 12.8 Å². The van der Waals surface area contributed by atoms with E-state index in [1.54, 1.807) is 36.4 Å². The van der Waals surface area contributed by atoms with E-state index in [2.05, 4.69) is 26.1 Å². The van der Waals surface area contributed by atoms with Gasteiger partial charge in [0, 0.05) is 55.3 Å². The summed E-state index contributed by atoms with van der Waals surface area (Å²) in [5.74, 6) is -0.513. The molecule has 0 bridgehead atoms. The first-order valence-electron chi connectivity index (χ1n) is 11.4. The fraction of sp³-hybridized carbons (Fsp3) is 0.435. The van der Waals surface area contributed by atoms with Crippen LogP contribution < -0.4 is 5.32 Å². The summed E-state index contributed by atoms with van der Waals surface area (Å²) < 4.78 is 55.2. The van der Waals surface area contributed by atoms with Gasteiger partial charge >= 0.3 is 0 Å². The highest BCUT2D eigenvalue weighted by molar-refractivity contribution is 9.10. The van der Waals surface area contributed by atoms with E-state index < -0.39 is 20.0 Å². The van der Waals surface area contributed by atoms with E-state index in [1.165, 1.54) is 20.7 Å². The average Bonchev–Trinajstić information content (AvgIpc) is 2.85. The SMILES string of the molecule is CN1CCN(S(=O)(=O)c2ccc(NC(=O)C3CCN(S(=O)(=O)c4ccc(Br)cc4)CC3)cc2)CC1. The molecule has 1 N–H and O–H groups in total. The molecule has 2 aromatic rings. The summed E-state index contributed by atoms with van der Waals surface area (Å²) in [4.78, 5) is 15.3. The van der Waals surface area contributed by atoms with Crippen LogP contribution in [0.3, 0.4) is 0 Å². The Bertz CT molecular complexity index is 1250. The van der Waals surface area contributed by atoms with Crippen LogP contribution in [-0.4, -0.2) is 82.6 Å². The van der Waals surface area contributed by atoms with Crippen molar-refractivity contribution in [3.63, 3.8) is 0 Å². The lowest BCUT2D eigenvalue weighted by atomic mass is 9.97. The summed E-state index contributed by atoms with van der Waals surface area (Å²) in [6, 6.07) is 12.7. The third kappa shape index (κ3) is 5.95. The minimum absolute atomic E-state index is 0.194. The van der Waals surface area contributed by atoms with Crippen LogP contribution in [0.2, 0.25) is 0 Å². The predicted molar refractivity (Wildman–Crippen MR) is 137 cm³/mol. The fourth-order valence-corrected chi connectivity index (χ4v) is 7.40. The first kappa shape index (κ1) is 26.2. The molecular weight excluding hydrogens is 556 g/mol. The van der Waals surface area contributed by atoms with Gasteiger partial charge in [0.25, 0.3) is 0 Å². The number of carbonyl (C=O) groups excluding carboxylic acids is 1. The number of benzene rings is 2. The number of likely N-dealkylation sites (N-methyl/N-ethyl adjacent to an activating group) is 1. The van der Waals surface area contributed by atoms with Crippen molar-refractivity contribution < 1.29 is 21.6 Å². The molecular formula is C23H29BrN4O5S2. The molecule has 0 radical (unpaired) electrons. The lowest BCUT2D eigenvalue weighted by Gasteiger charge is -2.31. The molecule has 2 saturated heterocycles. The number of sulfonamides is 2. The molecule has 0 aromatic heterocycles. The van der Waals surface area contributed by atoms with Crippen LogP contribution in [0.5, 0.6) is 0 Å². The van der Waals surface area contributed by atoms with Crippen molar-refractivity contribution in [1.82, 2.24) is 13.5 Å². The average molecular weight is 586 g/mol. The molecule has 190 valence electrons. The van der Waals surface area contributed by atoms with E-state index in [4.69, 9.17) is 0 Å². The lowest BCUT2D eigenvalue weighted by Crippen LogP contribution is -2.46. The molecule has 2 aromatic carbocycles. The van der Waals surface area contributed by atoms with Gasteiger partial charge in [-0.1, -0.05) is 15.9 Å². The maximum atomic E-state index is 12.9. The Morgan fingerprint density at radius 2 is 1.23 bits per heavy atom. The molecule has 0 aliphatic carbocycles. The maximum Gasteiger partial charge on any atom is 0.243 e. The molecule has 2 heterocycles. The zero-order chi connectivity index (χ0) is 25.2. The molecule has 2 aliphatic heterocycles. The van der Waals surface area contributed by atoms with E-state index in [0.717, 1.165) is 4.47 Å². The summed E-state index contributed by atoms with van der Waals surface area (Å²) in [6.45, 7) is 2.81. The van der Waals surface area contributed by atoms with Gasteiger partial charge in [0.2, 0.25) is 26.0 Å². The van der Waals surface area contributed by atoms with Crippen molar-refractivity contribution >= 4 is 47.6 Å². The van der Waals surface area contributed by atoms with Crippen molar-refractivity contribution in [2.45, 2.75) is 22.6 Å². The van der Waals surface area contributed by atoms with E-state index in [-0.39, 0.29) is 34.7 Å². The Labute approximate surface area is 215 Å². The number of piperazine rings is 1. The van der Waals surface area contributed by atoms with Crippen LogP contribution in [0.25, 0.3) is 0 Å². The summed E-state index contributed by atoms with van der Waals surface area (Å²) in [6.07, 6.45) is 0.828. The highest BCUT2D eigenvalue weighted by Gasteiger charge is 2.32. The molecule has 4 rings (SSSR count). The van der Waals surface area contributed by atoms with Gasteiger partial charge < -0.3 is 10.2 Å². The number of piperidine rings is 1. The first-order chi connectivity index (χ1) is 16.6. The van der Waals surface area contributed by atoms with Crippen LogP contribution in [0.4, 0.5) is 5.69 Å². The molecule has 35 heavy (non-hydrogen) atoms. The second kappa shape index (κ2) is 10.7. The van der Waals surface area contributed by atoms with Crippen LogP contribution >= 0.6 is 15.9 Å². The van der Waals surface area contributed by atoms with Gasteiger partial charge in [-0.2, -0.15) is 8.61 Å². The standard InChI is InChI=1S/C23H29BrN4O5S2/c1-26-14-16-28(17-15-26)35(32,33)22-8-4-20(5-9-22)25-23(29)18-10-12-27(13-11-18)34(30,31)21-6-2-19(24)3-7-21/h2-9,18H,10-17H2,1H3,(H,25,29). The van der Waals surface area contributed by atoms with Crippen molar-refractivity contribution in [3.8, 4) is 0 Å². The van der Waals surface area contributed by atoms with Gasteiger partial charge in [0.15, 0.2) is 0 Å². The fourth-order valence-electron chi connectivity index (χ4n) is 4.25. The minimum Gasteiger partial charge on any atom is -0.326 e. The predicted octanol–water partition coefficient (Wildman–Crippen LogP) is 2.42. The van der Waals surface area contributed by atoms with E-state index >= 15 is 0 Å². The van der Waals surface area contributed by atoms with Gasteiger partial charge in [-0.3, -0.25) is 4.79 Å². The number of rotatable bonds is 6. The van der Waals surface area contributed by atoms with Crippen molar-refractivity contribution in [2.24, 2.45) is 5.92 Å². The molecule has 0 atom stereocenters. The molecule has 9 nitrogen and oxygen atoms in total.